The Kier molecular flexibility index (Phi) is 6.02. The highest BCUT2D eigenvalue weighted by Gasteiger charge is 2.34. The van der Waals surface area contributed by atoms with Gasteiger partial charge in [-0.2, -0.15) is 0 Å². The number of aromatic nitrogens is 1. The summed E-state index contributed by atoms with van der Waals surface area (Å²) >= 11 is 1.59. The van der Waals surface area contributed by atoms with Gasteiger partial charge in [-0.25, -0.2) is 5.09 Å². The molecule has 3 N–H and O–H groups in total. The quantitative estimate of drug-likeness (QED) is 0.436. The first-order valence-electron chi connectivity index (χ1n) is 9.37. The van der Waals surface area contributed by atoms with E-state index in [9.17, 15) is 4.57 Å². The van der Waals surface area contributed by atoms with E-state index in [0.717, 1.165) is 21.2 Å². The maximum absolute atomic E-state index is 14.5. The predicted octanol–water partition coefficient (Wildman–Crippen LogP) is 4.40. The van der Waals surface area contributed by atoms with E-state index in [1.807, 2.05) is 96.4 Å². The molecule has 4 nitrogen and oxygen atoms in total. The number of nitrogens with zero attached hydrogens (tertiary/aromatic N) is 1. The van der Waals surface area contributed by atoms with Gasteiger partial charge in [-0.1, -0.05) is 48.5 Å². The lowest BCUT2D eigenvalue weighted by atomic mass is 10.0. The van der Waals surface area contributed by atoms with Crippen LogP contribution in [0, 0.1) is 0 Å². The highest BCUT2D eigenvalue weighted by atomic mass is 32.1. The summed E-state index contributed by atoms with van der Waals surface area (Å²) in [6.45, 7) is 0. The van der Waals surface area contributed by atoms with E-state index in [0.29, 0.717) is 0 Å². The summed E-state index contributed by atoms with van der Waals surface area (Å²) in [6.07, 6.45) is 1.73. The summed E-state index contributed by atoms with van der Waals surface area (Å²) in [5.74, 6) is 0. The van der Waals surface area contributed by atoms with Gasteiger partial charge in [0.25, 0.3) is 0 Å². The fourth-order valence-electron chi connectivity index (χ4n) is 3.30. The van der Waals surface area contributed by atoms with E-state index in [2.05, 4.69) is 10.1 Å². The van der Waals surface area contributed by atoms with Crippen molar-refractivity contribution in [3.05, 3.63) is 113 Å². The second kappa shape index (κ2) is 8.85. The zero-order valence-corrected chi connectivity index (χ0v) is 17.5. The average Bonchev–Trinajstić information content (AvgIpc) is 3.33. The monoisotopic (exact) mass is 419 g/mol. The van der Waals surface area contributed by atoms with Crippen molar-refractivity contribution in [3.8, 4) is 0 Å². The van der Waals surface area contributed by atoms with Crippen molar-refractivity contribution in [2.75, 3.05) is 0 Å². The molecule has 0 unspecified atom stereocenters. The number of pyridine rings is 1. The second-order valence-electron chi connectivity index (χ2n) is 6.68. The molecule has 29 heavy (non-hydrogen) atoms. The molecule has 0 fully saturated rings. The molecule has 2 atom stereocenters. The van der Waals surface area contributed by atoms with E-state index in [1.165, 1.54) is 0 Å². The van der Waals surface area contributed by atoms with Crippen molar-refractivity contribution < 1.29 is 4.57 Å². The molecule has 6 heteroatoms. The lowest BCUT2D eigenvalue weighted by Crippen LogP contribution is -2.36. The van der Waals surface area contributed by atoms with Crippen LogP contribution in [0.4, 0.5) is 0 Å². The summed E-state index contributed by atoms with van der Waals surface area (Å²) in [4.78, 5) is 5.46. The summed E-state index contributed by atoms with van der Waals surface area (Å²) in [5, 5.41) is 6.97. The Morgan fingerprint density at radius 3 is 1.97 bits per heavy atom. The zero-order chi connectivity index (χ0) is 20.1. The minimum Gasteiger partial charge on any atom is -0.321 e. The van der Waals surface area contributed by atoms with Gasteiger partial charge in [0, 0.05) is 21.7 Å². The Morgan fingerprint density at radius 2 is 1.45 bits per heavy atom. The number of rotatable bonds is 7. The van der Waals surface area contributed by atoms with Gasteiger partial charge in [-0.05, 0) is 47.8 Å². The van der Waals surface area contributed by atoms with E-state index >= 15 is 0 Å². The fourth-order valence-corrected chi connectivity index (χ4v) is 6.69. The van der Waals surface area contributed by atoms with E-state index in [4.69, 9.17) is 5.73 Å². The minimum absolute atomic E-state index is 0.351. The Morgan fingerprint density at radius 1 is 0.828 bits per heavy atom. The van der Waals surface area contributed by atoms with Crippen molar-refractivity contribution >= 4 is 29.2 Å². The van der Waals surface area contributed by atoms with Crippen LogP contribution in [0.3, 0.4) is 0 Å². The third kappa shape index (κ3) is 4.24. The van der Waals surface area contributed by atoms with Crippen LogP contribution in [0.5, 0.6) is 0 Å². The van der Waals surface area contributed by atoms with Gasteiger partial charge < -0.3 is 5.73 Å². The summed E-state index contributed by atoms with van der Waals surface area (Å²) in [7, 11) is -3.15. The van der Waals surface area contributed by atoms with Gasteiger partial charge in [-0.3, -0.25) is 9.55 Å². The van der Waals surface area contributed by atoms with Gasteiger partial charge in [-0.15, -0.1) is 11.3 Å². The molecule has 4 aromatic rings. The van der Waals surface area contributed by atoms with Crippen LogP contribution in [0.25, 0.3) is 0 Å². The Balaban J connectivity index is 1.80. The molecule has 2 heterocycles. The van der Waals surface area contributed by atoms with Crippen LogP contribution < -0.4 is 21.4 Å². The largest absolute Gasteiger partial charge is 0.321 e. The first-order chi connectivity index (χ1) is 14.2. The topological polar surface area (TPSA) is 68.0 Å². The van der Waals surface area contributed by atoms with Crippen LogP contribution in [0.2, 0.25) is 0 Å². The molecule has 0 saturated carbocycles. The maximum Gasteiger partial charge on any atom is 0.205 e. The van der Waals surface area contributed by atoms with Crippen LogP contribution in [-0.2, 0) is 4.57 Å². The van der Waals surface area contributed by atoms with Crippen molar-refractivity contribution in [2.45, 2.75) is 12.1 Å². The molecule has 2 aromatic carbocycles. The van der Waals surface area contributed by atoms with Gasteiger partial charge in [0.05, 0.1) is 17.8 Å². The molecule has 0 radical (unpaired) electrons. The smallest absolute Gasteiger partial charge is 0.205 e. The van der Waals surface area contributed by atoms with Gasteiger partial charge in [0.1, 0.15) is 0 Å². The third-order valence-corrected chi connectivity index (χ3v) is 8.45. The maximum atomic E-state index is 14.5. The molecule has 0 aliphatic carbocycles. The Labute approximate surface area is 174 Å². The van der Waals surface area contributed by atoms with Crippen LogP contribution >= 0.6 is 18.6 Å². The molecule has 4 rings (SSSR count). The van der Waals surface area contributed by atoms with Crippen LogP contribution in [0.15, 0.2) is 103 Å². The lowest BCUT2D eigenvalue weighted by molar-refractivity contribution is 0.509. The van der Waals surface area contributed by atoms with Crippen LogP contribution in [0.1, 0.15) is 22.7 Å². The average molecular weight is 419 g/mol. The van der Waals surface area contributed by atoms with Crippen molar-refractivity contribution in [1.29, 1.82) is 0 Å². The highest BCUT2D eigenvalue weighted by Crippen LogP contribution is 2.44. The minimum atomic E-state index is -3.15. The number of hydrogen-bond acceptors (Lipinski definition) is 4. The normalized spacial score (nSPS) is 13.7. The van der Waals surface area contributed by atoms with Gasteiger partial charge in [0.15, 0.2) is 0 Å². The SMILES string of the molecule is N[C@@H](c1ccccn1)[C@H](NP(=O)(c1ccccc1)c1ccccc1)c1cccs1. The first-order valence-corrected chi connectivity index (χ1v) is 12.0. The van der Waals surface area contributed by atoms with E-state index < -0.39 is 13.3 Å². The Bertz CT molecular complexity index is 1030. The third-order valence-electron chi connectivity index (χ3n) is 4.80. The highest BCUT2D eigenvalue weighted by molar-refractivity contribution is 7.76. The lowest BCUT2D eigenvalue weighted by Gasteiger charge is -2.30. The molecular formula is C23H22N3OPS. The number of hydrogen-bond donors (Lipinski definition) is 2. The van der Waals surface area contributed by atoms with E-state index in [1.54, 1.807) is 17.5 Å². The molecule has 146 valence electrons. The standard InChI is InChI=1S/C23H22N3OPS/c24-22(20-14-7-8-16-25-20)23(21-15-9-17-29-21)26-28(27,18-10-3-1-4-11-18)19-12-5-2-6-13-19/h1-17,22-23H,24H2,(H,26,27)/t22-,23+/m0/s1. The number of nitrogens with two attached hydrogens (primary N) is 1. The number of benzene rings is 2. The Hall–Kier alpha value is -2.56. The van der Waals surface area contributed by atoms with Crippen molar-refractivity contribution in [3.63, 3.8) is 0 Å². The molecular weight excluding hydrogens is 397 g/mol. The molecule has 0 bridgehead atoms. The van der Waals surface area contributed by atoms with Crippen LogP contribution in [-0.4, -0.2) is 4.98 Å². The molecule has 0 aliphatic rings. The molecule has 0 saturated heterocycles. The fraction of sp³-hybridized carbons (Fsp3) is 0.0870. The zero-order valence-electron chi connectivity index (χ0n) is 15.8. The molecule has 0 amide bonds. The van der Waals surface area contributed by atoms with Crippen molar-refractivity contribution in [2.24, 2.45) is 5.73 Å². The van der Waals surface area contributed by atoms with Gasteiger partial charge in [0.2, 0.25) is 7.29 Å². The van der Waals surface area contributed by atoms with Crippen molar-refractivity contribution in [1.82, 2.24) is 10.1 Å². The number of thiophene rings is 1. The molecule has 0 aliphatic heterocycles. The summed E-state index contributed by atoms with van der Waals surface area (Å²) in [5.41, 5.74) is 7.41. The second-order valence-corrected chi connectivity index (χ2v) is 10.2. The number of nitrogens with one attached hydrogen (secondary N) is 1. The summed E-state index contributed by atoms with van der Waals surface area (Å²) in [6, 6.07) is 28.0. The molecule has 0 spiro atoms. The van der Waals surface area contributed by atoms with Gasteiger partial charge >= 0.3 is 0 Å². The predicted molar refractivity (Wildman–Crippen MR) is 121 cm³/mol. The first kappa shape index (κ1) is 19.7. The summed E-state index contributed by atoms with van der Waals surface area (Å²) < 4.78 is 14.5. The van der Waals surface area contributed by atoms with E-state index in [-0.39, 0.29) is 6.04 Å². The molecule has 2 aromatic heterocycles.